The van der Waals surface area contributed by atoms with Crippen molar-refractivity contribution in [3.05, 3.63) is 24.3 Å². The minimum absolute atomic E-state index is 0.123. The van der Waals surface area contributed by atoms with Gasteiger partial charge in [0.05, 0.1) is 6.42 Å². The van der Waals surface area contributed by atoms with Crippen molar-refractivity contribution in [3.8, 4) is 0 Å². The van der Waals surface area contributed by atoms with Crippen molar-refractivity contribution in [3.63, 3.8) is 0 Å². The van der Waals surface area contributed by atoms with Crippen molar-refractivity contribution in [2.75, 3.05) is 26.4 Å². The van der Waals surface area contributed by atoms with Crippen LogP contribution in [-0.4, -0.2) is 57.2 Å². The Morgan fingerprint density at radius 3 is 1.50 bits per heavy atom. The highest BCUT2D eigenvalue weighted by atomic mass is 16.7. The Labute approximate surface area is 306 Å². The van der Waals surface area contributed by atoms with Gasteiger partial charge in [-0.2, -0.15) is 0 Å². The van der Waals surface area contributed by atoms with E-state index in [1.165, 1.54) is 77.0 Å². The van der Waals surface area contributed by atoms with E-state index < -0.39 is 18.4 Å². The van der Waals surface area contributed by atoms with Gasteiger partial charge in [0.15, 0.2) is 12.4 Å². The molecular formula is C42H76O8. The lowest BCUT2D eigenvalue weighted by atomic mass is 10.1. The predicted molar refractivity (Wildman–Crippen MR) is 204 cm³/mol. The van der Waals surface area contributed by atoms with Crippen LogP contribution in [0.3, 0.4) is 0 Å². The molecule has 1 atom stereocenters. The zero-order valence-corrected chi connectivity index (χ0v) is 32.5. The summed E-state index contributed by atoms with van der Waals surface area (Å²) in [6.45, 7) is 7.85. The van der Waals surface area contributed by atoms with Crippen LogP contribution in [-0.2, 0) is 38.1 Å². The fourth-order valence-corrected chi connectivity index (χ4v) is 5.45. The van der Waals surface area contributed by atoms with Crippen LogP contribution in [0.5, 0.6) is 0 Å². The van der Waals surface area contributed by atoms with Crippen LogP contribution in [0.2, 0.25) is 0 Å². The van der Waals surface area contributed by atoms with Crippen molar-refractivity contribution < 1.29 is 38.1 Å². The fraction of sp³-hybridized carbons (Fsp3) is 0.833. The first-order valence-corrected chi connectivity index (χ1v) is 20.5. The van der Waals surface area contributed by atoms with Gasteiger partial charge in [0.2, 0.25) is 0 Å². The molecule has 8 nitrogen and oxygen atoms in total. The van der Waals surface area contributed by atoms with E-state index in [2.05, 4.69) is 45.1 Å². The van der Waals surface area contributed by atoms with Crippen molar-refractivity contribution in [2.45, 2.75) is 200 Å². The molecule has 50 heavy (non-hydrogen) atoms. The van der Waals surface area contributed by atoms with Crippen molar-refractivity contribution in [2.24, 2.45) is 0 Å². The summed E-state index contributed by atoms with van der Waals surface area (Å²) in [5.74, 6) is -0.772. The molecule has 292 valence electrons. The van der Waals surface area contributed by atoms with Crippen LogP contribution in [0.25, 0.3) is 0 Å². The van der Waals surface area contributed by atoms with Gasteiger partial charge in [0.1, 0.15) is 13.2 Å². The standard InChI is InChI=1S/C42H76O8/c1-4-7-10-13-16-17-18-19-20-21-22-23-24-25-28-31-40(44)48-36-39(50-38-43)37-49-41(45)32-33-42(46-34-29-26-14-11-8-5-2)47-35-30-27-15-12-9-6-3/h16-17,19-20,38-39,42H,4-15,18,21-37H2,1-3H3/b17-16-,20-19-. The Morgan fingerprint density at radius 2 is 0.960 bits per heavy atom. The lowest BCUT2D eigenvalue weighted by Gasteiger charge is -2.19. The van der Waals surface area contributed by atoms with E-state index in [0.717, 1.165) is 70.6 Å². The minimum atomic E-state index is -0.839. The maximum Gasteiger partial charge on any atom is 0.306 e. The van der Waals surface area contributed by atoms with Crippen LogP contribution in [0, 0.1) is 0 Å². The third-order valence-electron chi connectivity index (χ3n) is 8.63. The van der Waals surface area contributed by atoms with Crippen LogP contribution >= 0.6 is 0 Å². The molecule has 0 spiro atoms. The molecule has 0 aliphatic carbocycles. The number of hydrogen-bond donors (Lipinski definition) is 0. The first-order valence-electron chi connectivity index (χ1n) is 20.5. The van der Waals surface area contributed by atoms with Crippen molar-refractivity contribution in [1.82, 2.24) is 0 Å². The Bertz CT molecular complexity index is 794. The first kappa shape index (κ1) is 47.8. The molecule has 8 heteroatoms. The predicted octanol–water partition coefficient (Wildman–Crippen LogP) is 11.3. The summed E-state index contributed by atoms with van der Waals surface area (Å²) in [4.78, 5) is 35.8. The van der Waals surface area contributed by atoms with Gasteiger partial charge in [-0.3, -0.25) is 14.4 Å². The second-order valence-electron chi connectivity index (χ2n) is 13.4. The maximum atomic E-state index is 12.5. The summed E-state index contributed by atoms with van der Waals surface area (Å²) in [6.07, 6.45) is 35.0. The second-order valence-corrected chi connectivity index (χ2v) is 13.4. The minimum Gasteiger partial charge on any atom is -0.462 e. The Hall–Kier alpha value is -2.19. The van der Waals surface area contributed by atoms with Crippen molar-refractivity contribution in [1.29, 1.82) is 0 Å². The number of hydrogen-bond acceptors (Lipinski definition) is 8. The highest BCUT2D eigenvalue weighted by molar-refractivity contribution is 5.69. The van der Waals surface area contributed by atoms with Crippen LogP contribution in [0.1, 0.15) is 188 Å². The van der Waals surface area contributed by atoms with Crippen LogP contribution < -0.4 is 0 Å². The monoisotopic (exact) mass is 709 g/mol. The summed E-state index contributed by atoms with van der Waals surface area (Å²) in [5, 5.41) is 0. The van der Waals surface area contributed by atoms with E-state index in [1.807, 2.05) is 0 Å². The van der Waals surface area contributed by atoms with E-state index >= 15 is 0 Å². The highest BCUT2D eigenvalue weighted by Gasteiger charge is 2.18. The zero-order valence-electron chi connectivity index (χ0n) is 32.5. The van der Waals surface area contributed by atoms with E-state index in [1.54, 1.807) is 0 Å². The van der Waals surface area contributed by atoms with E-state index in [0.29, 0.717) is 26.1 Å². The molecule has 0 aromatic heterocycles. The van der Waals surface area contributed by atoms with Gasteiger partial charge in [-0.15, -0.1) is 0 Å². The molecule has 1 unspecified atom stereocenters. The van der Waals surface area contributed by atoms with Gasteiger partial charge in [-0.1, -0.05) is 141 Å². The highest BCUT2D eigenvalue weighted by Crippen LogP contribution is 2.13. The molecule has 0 heterocycles. The average molecular weight is 709 g/mol. The summed E-state index contributed by atoms with van der Waals surface area (Å²) < 4.78 is 27.7. The number of esters is 2. The average Bonchev–Trinajstić information content (AvgIpc) is 3.12. The number of carbonyl (C=O) groups is 3. The van der Waals surface area contributed by atoms with Gasteiger partial charge in [-0.25, -0.2) is 0 Å². The third-order valence-corrected chi connectivity index (χ3v) is 8.63. The molecule has 0 aromatic rings. The van der Waals surface area contributed by atoms with Gasteiger partial charge in [0, 0.05) is 26.1 Å². The molecule has 0 aliphatic heterocycles. The summed E-state index contributed by atoms with van der Waals surface area (Å²) in [5.41, 5.74) is 0. The van der Waals surface area contributed by atoms with Gasteiger partial charge in [-0.05, 0) is 51.4 Å². The largest absolute Gasteiger partial charge is 0.462 e. The topological polar surface area (TPSA) is 97.4 Å². The molecule has 0 saturated carbocycles. The Balaban J connectivity index is 4.22. The van der Waals surface area contributed by atoms with E-state index in [4.69, 9.17) is 23.7 Å². The number of rotatable bonds is 39. The lowest BCUT2D eigenvalue weighted by Crippen LogP contribution is -2.28. The van der Waals surface area contributed by atoms with Crippen LogP contribution in [0.15, 0.2) is 24.3 Å². The third kappa shape index (κ3) is 35.6. The zero-order chi connectivity index (χ0) is 36.6. The van der Waals surface area contributed by atoms with Gasteiger partial charge in [0.25, 0.3) is 6.47 Å². The summed E-state index contributed by atoms with van der Waals surface area (Å²) in [6, 6.07) is 0. The number of allylic oxidation sites excluding steroid dienone is 4. The molecule has 0 fully saturated rings. The van der Waals surface area contributed by atoms with Gasteiger partial charge < -0.3 is 23.7 Å². The fourth-order valence-electron chi connectivity index (χ4n) is 5.45. The van der Waals surface area contributed by atoms with E-state index in [-0.39, 0.29) is 32.1 Å². The summed E-state index contributed by atoms with van der Waals surface area (Å²) in [7, 11) is 0. The molecule has 0 N–H and O–H groups in total. The normalized spacial score (nSPS) is 12.2. The van der Waals surface area contributed by atoms with Crippen molar-refractivity contribution >= 4 is 18.4 Å². The molecule has 0 rings (SSSR count). The Kier molecular flexibility index (Phi) is 37.9. The number of carbonyl (C=O) groups excluding carboxylic acids is 3. The lowest BCUT2D eigenvalue weighted by molar-refractivity contribution is -0.165. The molecule has 0 saturated heterocycles. The first-order chi connectivity index (χ1) is 24.6. The van der Waals surface area contributed by atoms with Crippen LogP contribution in [0.4, 0.5) is 0 Å². The maximum absolute atomic E-state index is 12.5. The number of ether oxygens (including phenoxy) is 5. The quantitative estimate of drug-likeness (QED) is 0.0155. The molecule has 0 bridgehead atoms. The number of unbranched alkanes of at least 4 members (excludes halogenated alkanes) is 18. The second kappa shape index (κ2) is 39.6. The van der Waals surface area contributed by atoms with Gasteiger partial charge >= 0.3 is 11.9 Å². The molecule has 0 radical (unpaired) electrons. The SMILES string of the molecule is CCCCC/C=C\C/C=C\CCCCCCCC(=O)OCC(COC(=O)CCC(OCCCCCCCC)OCCCCCCCC)OC=O. The molecule has 0 amide bonds. The van der Waals surface area contributed by atoms with E-state index in [9.17, 15) is 14.4 Å². The molecular weight excluding hydrogens is 632 g/mol. The molecule has 0 aliphatic rings. The summed E-state index contributed by atoms with van der Waals surface area (Å²) >= 11 is 0. The molecule has 0 aromatic carbocycles. The Morgan fingerprint density at radius 1 is 0.520 bits per heavy atom. The smallest absolute Gasteiger partial charge is 0.306 e.